The van der Waals surface area contributed by atoms with E-state index in [9.17, 15) is 0 Å². The van der Waals surface area contributed by atoms with E-state index in [-0.39, 0.29) is 0 Å². The van der Waals surface area contributed by atoms with E-state index >= 15 is 0 Å². The molecule has 0 aliphatic heterocycles. The van der Waals surface area contributed by atoms with Gasteiger partial charge in [-0.25, -0.2) is 0 Å². The van der Waals surface area contributed by atoms with E-state index in [2.05, 4.69) is 12.7 Å². The van der Waals surface area contributed by atoms with Gasteiger partial charge < -0.3 is 5.73 Å². The average Bonchev–Trinajstić information content (AvgIpc) is 2.44. The molecule has 2 aliphatic carbocycles. The predicted octanol–water partition coefficient (Wildman–Crippen LogP) is 1.05. The molecule has 0 heterocycles. The Labute approximate surface area is 63.0 Å². The molecule has 0 radical (unpaired) electrons. The van der Waals surface area contributed by atoms with Gasteiger partial charge in [0.1, 0.15) is 0 Å². The molecule has 0 spiro atoms. The molecule has 0 amide bonds. The van der Waals surface area contributed by atoms with Crippen molar-refractivity contribution in [2.24, 2.45) is 17.8 Å². The normalized spacial score (nSPS) is 48.0. The quantitative estimate of drug-likeness (QED) is 0.564. The Morgan fingerprint density at radius 1 is 1.30 bits per heavy atom. The van der Waals surface area contributed by atoms with Gasteiger partial charge in [-0.05, 0) is 38.0 Å². The van der Waals surface area contributed by atoms with Crippen LogP contribution in [0.1, 0.15) is 32.6 Å². The Morgan fingerprint density at radius 2 is 2.10 bits per heavy atom. The van der Waals surface area contributed by atoms with Gasteiger partial charge in [-0.3, -0.25) is 0 Å². The van der Waals surface area contributed by atoms with Crippen molar-refractivity contribution in [3.63, 3.8) is 0 Å². The first-order chi connectivity index (χ1) is 4.77. The van der Waals surface area contributed by atoms with Gasteiger partial charge in [-0.2, -0.15) is 0 Å². The zero-order valence-electron chi connectivity index (χ0n) is 6.84. The third-order valence-electron chi connectivity index (χ3n) is 3.52. The van der Waals surface area contributed by atoms with E-state index in [1.165, 1.54) is 25.7 Å². The Balaban J connectivity index is 2.02. The standard InChI is InChI=1S/C9H17N/c1-6(10)9-5-7-2-3-8(9)4-7/h6-9H,2-5,10H2,1H3/p+1/t6-,7+,8+,9+/m0/s1. The fraction of sp³-hybridized carbons (Fsp3) is 1.00. The van der Waals surface area contributed by atoms with Crippen LogP contribution in [0.2, 0.25) is 0 Å². The highest BCUT2D eigenvalue weighted by Crippen LogP contribution is 2.48. The molecule has 0 aromatic rings. The molecule has 0 aromatic carbocycles. The van der Waals surface area contributed by atoms with Gasteiger partial charge in [0.15, 0.2) is 0 Å². The van der Waals surface area contributed by atoms with E-state index in [0.717, 1.165) is 17.8 Å². The van der Waals surface area contributed by atoms with Crippen LogP contribution in [-0.2, 0) is 0 Å². The van der Waals surface area contributed by atoms with Crippen molar-refractivity contribution in [2.75, 3.05) is 0 Å². The second-order valence-electron chi connectivity index (χ2n) is 4.32. The first kappa shape index (κ1) is 6.66. The van der Waals surface area contributed by atoms with Crippen molar-refractivity contribution in [3.05, 3.63) is 0 Å². The van der Waals surface area contributed by atoms with E-state index in [0.29, 0.717) is 6.04 Å². The average molecular weight is 140 g/mol. The fourth-order valence-corrected chi connectivity index (χ4v) is 2.99. The molecule has 2 fully saturated rings. The smallest absolute Gasteiger partial charge is 0.0846 e. The summed E-state index contributed by atoms with van der Waals surface area (Å²) in [5.74, 6) is 3.15. The van der Waals surface area contributed by atoms with Gasteiger partial charge >= 0.3 is 0 Å². The monoisotopic (exact) mass is 140 g/mol. The molecule has 0 aromatic heterocycles. The summed E-state index contributed by atoms with van der Waals surface area (Å²) in [6.45, 7) is 2.28. The minimum absolute atomic E-state index is 0.704. The highest BCUT2D eigenvalue weighted by Gasteiger charge is 2.42. The number of quaternary nitrogens is 1. The zero-order valence-corrected chi connectivity index (χ0v) is 6.84. The largest absolute Gasteiger partial charge is 0.355 e. The van der Waals surface area contributed by atoms with E-state index in [1.54, 1.807) is 0 Å². The van der Waals surface area contributed by atoms with Gasteiger partial charge in [0.2, 0.25) is 0 Å². The van der Waals surface area contributed by atoms with Gasteiger partial charge in [-0.15, -0.1) is 0 Å². The van der Waals surface area contributed by atoms with Crippen LogP contribution in [0.4, 0.5) is 0 Å². The molecule has 3 N–H and O–H groups in total. The number of hydrogen-bond donors (Lipinski definition) is 1. The molecule has 2 saturated carbocycles. The van der Waals surface area contributed by atoms with Crippen LogP contribution in [0.25, 0.3) is 0 Å². The lowest BCUT2D eigenvalue weighted by molar-refractivity contribution is -0.430. The maximum atomic E-state index is 4.14. The molecule has 1 nitrogen and oxygen atoms in total. The van der Waals surface area contributed by atoms with E-state index in [1.807, 2.05) is 0 Å². The highest BCUT2D eigenvalue weighted by atomic mass is 14.7. The summed E-state index contributed by atoms with van der Waals surface area (Å²) < 4.78 is 0. The minimum Gasteiger partial charge on any atom is -0.355 e. The molecule has 10 heavy (non-hydrogen) atoms. The van der Waals surface area contributed by atoms with Crippen LogP contribution in [0, 0.1) is 17.8 Å². The first-order valence-electron chi connectivity index (χ1n) is 4.60. The Bertz CT molecular complexity index is 131. The molecule has 2 rings (SSSR count). The summed E-state index contributed by atoms with van der Waals surface area (Å²) >= 11 is 0. The number of fused-ring (bicyclic) bond motifs is 2. The van der Waals surface area contributed by atoms with Crippen LogP contribution < -0.4 is 5.73 Å². The first-order valence-corrected chi connectivity index (χ1v) is 4.60. The Morgan fingerprint density at radius 3 is 2.40 bits per heavy atom. The van der Waals surface area contributed by atoms with Crippen LogP contribution in [0.5, 0.6) is 0 Å². The third-order valence-corrected chi connectivity index (χ3v) is 3.52. The maximum Gasteiger partial charge on any atom is 0.0846 e. The van der Waals surface area contributed by atoms with Crippen LogP contribution >= 0.6 is 0 Å². The van der Waals surface area contributed by atoms with Crippen LogP contribution in [0.3, 0.4) is 0 Å². The molecule has 0 saturated heterocycles. The highest BCUT2D eigenvalue weighted by molar-refractivity contribution is 4.91. The SMILES string of the molecule is C[C@H]([NH3+])[C@H]1C[C@@H]2CC[C@@H]1C2. The van der Waals surface area contributed by atoms with Crippen LogP contribution in [0.15, 0.2) is 0 Å². The summed E-state index contributed by atoms with van der Waals surface area (Å²) in [5, 5.41) is 0. The Kier molecular flexibility index (Phi) is 1.48. The molecule has 4 atom stereocenters. The van der Waals surface area contributed by atoms with E-state index < -0.39 is 0 Å². The maximum absolute atomic E-state index is 4.14. The van der Waals surface area contributed by atoms with Crippen molar-refractivity contribution >= 4 is 0 Å². The van der Waals surface area contributed by atoms with Crippen LogP contribution in [-0.4, -0.2) is 6.04 Å². The lowest BCUT2D eigenvalue weighted by Gasteiger charge is -2.22. The van der Waals surface area contributed by atoms with Gasteiger partial charge in [0.05, 0.1) is 6.04 Å². The van der Waals surface area contributed by atoms with Gasteiger partial charge in [-0.1, -0.05) is 6.42 Å². The summed E-state index contributed by atoms with van der Waals surface area (Å²) in [6.07, 6.45) is 6.06. The molecule has 2 bridgehead atoms. The lowest BCUT2D eigenvalue weighted by atomic mass is 9.84. The van der Waals surface area contributed by atoms with Crippen molar-refractivity contribution in [1.82, 2.24) is 0 Å². The molecule has 58 valence electrons. The second-order valence-corrected chi connectivity index (χ2v) is 4.32. The summed E-state index contributed by atoms with van der Waals surface area (Å²) in [5.41, 5.74) is 4.14. The van der Waals surface area contributed by atoms with Crippen molar-refractivity contribution in [2.45, 2.75) is 38.6 Å². The summed E-state index contributed by atoms with van der Waals surface area (Å²) in [6, 6.07) is 0.704. The molecular formula is C9H18N+. The Hall–Kier alpha value is -0.0400. The van der Waals surface area contributed by atoms with Gasteiger partial charge in [0.25, 0.3) is 0 Å². The van der Waals surface area contributed by atoms with Crippen molar-refractivity contribution < 1.29 is 5.73 Å². The van der Waals surface area contributed by atoms with Gasteiger partial charge in [0, 0.05) is 5.92 Å². The second kappa shape index (κ2) is 2.23. The van der Waals surface area contributed by atoms with Crippen molar-refractivity contribution in [3.8, 4) is 0 Å². The number of hydrogen-bond acceptors (Lipinski definition) is 0. The summed E-state index contributed by atoms with van der Waals surface area (Å²) in [7, 11) is 0. The minimum atomic E-state index is 0.704. The molecule has 1 heteroatoms. The molecule has 2 aliphatic rings. The zero-order chi connectivity index (χ0) is 7.14. The fourth-order valence-electron chi connectivity index (χ4n) is 2.99. The lowest BCUT2D eigenvalue weighted by Crippen LogP contribution is -2.63. The third kappa shape index (κ3) is 0.878. The van der Waals surface area contributed by atoms with E-state index in [4.69, 9.17) is 0 Å². The molecular weight excluding hydrogens is 122 g/mol. The predicted molar refractivity (Wildman–Crippen MR) is 41.3 cm³/mol. The topological polar surface area (TPSA) is 27.6 Å². The summed E-state index contributed by atoms with van der Waals surface area (Å²) in [4.78, 5) is 0. The molecule has 0 unspecified atom stereocenters. The number of rotatable bonds is 1. The van der Waals surface area contributed by atoms with Crippen molar-refractivity contribution in [1.29, 1.82) is 0 Å².